The second kappa shape index (κ2) is 6.85. The fourth-order valence-electron chi connectivity index (χ4n) is 3.59. The van der Waals surface area contributed by atoms with Gasteiger partial charge in [0.05, 0.1) is 5.52 Å². The number of benzene rings is 2. The Morgan fingerprint density at radius 1 is 1.12 bits per heavy atom. The van der Waals surface area contributed by atoms with Crippen LogP contribution in [0, 0.1) is 6.92 Å². The highest BCUT2D eigenvalue weighted by atomic mass is 16.5. The van der Waals surface area contributed by atoms with Crippen LogP contribution in [0.3, 0.4) is 0 Å². The van der Waals surface area contributed by atoms with Crippen LogP contribution in [0.1, 0.15) is 23.6 Å². The van der Waals surface area contributed by atoms with E-state index in [0.29, 0.717) is 0 Å². The van der Waals surface area contributed by atoms with Gasteiger partial charge in [-0.1, -0.05) is 42.5 Å². The maximum atomic E-state index is 6.12. The van der Waals surface area contributed by atoms with E-state index in [1.54, 1.807) is 0 Å². The zero-order valence-corrected chi connectivity index (χ0v) is 14.9. The third-order valence-corrected chi connectivity index (χ3v) is 4.94. The minimum atomic E-state index is 0.145. The van der Waals surface area contributed by atoms with Crippen LogP contribution in [0.5, 0.6) is 5.88 Å². The number of hydrogen-bond acceptors (Lipinski definition) is 3. The molecule has 0 bridgehead atoms. The average Bonchev–Trinajstić information content (AvgIpc) is 2.76. The molecule has 0 saturated heterocycles. The highest BCUT2D eigenvalue weighted by Crippen LogP contribution is 2.27. The molecule has 3 aromatic rings. The molecule has 0 spiro atoms. The maximum absolute atomic E-state index is 6.12. The van der Waals surface area contributed by atoms with E-state index in [9.17, 15) is 0 Å². The molecular formula is C22H24N2O. The highest BCUT2D eigenvalue weighted by Gasteiger charge is 2.21. The van der Waals surface area contributed by atoms with Crippen molar-refractivity contribution in [3.05, 3.63) is 71.3 Å². The Hall–Kier alpha value is -2.39. The second-order valence-corrected chi connectivity index (χ2v) is 6.99. The first-order valence-corrected chi connectivity index (χ1v) is 9.01. The summed E-state index contributed by atoms with van der Waals surface area (Å²) in [7, 11) is 0. The summed E-state index contributed by atoms with van der Waals surface area (Å²) in [5.74, 6) is 0.796. The van der Waals surface area contributed by atoms with Gasteiger partial charge in [0.25, 0.3) is 0 Å². The van der Waals surface area contributed by atoms with Gasteiger partial charge in [0.1, 0.15) is 6.10 Å². The fraction of sp³-hybridized carbons (Fsp3) is 0.318. The number of aromatic nitrogens is 1. The number of hydrogen-bond donors (Lipinski definition) is 0. The van der Waals surface area contributed by atoms with Gasteiger partial charge in [-0.05, 0) is 43.5 Å². The van der Waals surface area contributed by atoms with Crippen molar-refractivity contribution in [1.29, 1.82) is 0 Å². The fourth-order valence-corrected chi connectivity index (χ4v) is 3.59. The van der Waals surface area contributed by atoms with Crippen LogP contribution in [0.25, 0.3) is 10.9 Å². The van der Waals surface area contributed by atoms with Crippen LogP contribution in [-0.2, 0) is 13.0 Å². The summed E-state index contributed by atoms with van der Waals surface area (Å²) in [6.07, 6.45) is 1.21. The standard InChI is InChI=1S/C22H24N2O/c1-16-7-3-4-8-18(16)11-12-24-14-17(2)25-22-20(15-24)13-19-9-5-6-10-21(19)23-22/h3-10,13,17H,11-12,14-15H2,1-2H3. The number of rotatable bonds is 3. The van der Waals surface area contributed by atoms with E-state index in [4.69, 9.17) is 9.72 Å². The lowest BCUT2D eigenvalue weighted by Gasteiger charge is -2.22. The van der Waals surface area contributed by atoms with Crippen molar-refractivity contribution in [2.24, 2.45) is 0 Å². The lowest BCUT2D eigenvalue weighted by atomic mass is 10.1. The van der Waals surface area contributed by atoms with Crippen LogP contribution >= 0.6 is 0 Å². The van der Waals surface area contributed by atoms with E-state index in [1.807, 2.05) is 12.1 Å². The topological polar surface area (TPSA) is 25.4 Å². The smallest absolute Gasteiger partial charge is 0.218 e. The van der Waals surface area contributed by atoms with Crippen LogP contribution in [0.15, 0.2) is 54.6 Å². The van der Waals surface area contributed by atoms with Gasteiger partial charge in [-0.3, -0.25) is 4.90 Å². The number of fused-ring (bicyclic) bond motifs is 2. The molecule has 2 aromatic carbocycles. The first-order valence-electron chi connectivity index (χ1n) is 9.01. The van der Waals surface area contributed by atoms with Crippen molar-refractivity contribution in [3.8, 4) is 5.88 Å². The monoisotopic (exact) mass is 332 g/mol. The summed E-state index contributed by atoms with van der Waals surface area (Å²) in [5.41, 5.74) is 4.99. The Morgan fingerprint density at radius 3 is 2.80 bits per heavy atom. The van der Waals surface area contributed by atoms with Crippen LogP contribution < -0.4 is 4.74 Å². The SMILES string of the molecule is Cc1ccccc1CCN1Cc2cc3ccccc3nc2OC(C)C1. The highest BCUT2D eigenvalue weighted by molar-refractivity contribution is 5.80. The van der Waals surface area contributed by atoms with Gasteiger partial charge in [0.2, 0.25) is 5.88 Å². The Balaban J connectivity index is 1.57. The maximum Gasteiger partial charge on any atom is 0.218 e. The lowest BCUT2D eigenvalue weighted by molar-refractivity contribution is 0.158. The van der Waals surface area contributed by atoms with E-state index in [1.165, 1.54) is 22.1 Å². The summed E-state index contributed by atoms with van der Waals surface area (Å²) in [6, 6.07) is 19.1. The average molecular weight is 332 g/mol. The van der Waals surface area contributed by atoms with Crippen molar-refractivity contribution >= 4 is 10.9 Å². The largest absolute Gasteiger partial charge is 0.473 e. The molecular weight excluding hydrogens is 308 g/mol. The third kappa shape index (κ3) is 3.52. The first-order chi connectivity index (χ1) is 12.2. The summed E-state index contributed by atoms with van der Waals surface area (Å²) >= 11 is 0. The molecule has 4 rings (SSSR count). The van der Waals surface area contributed by atoms with Crippen LogP contribution in [-0.4, -0.2) is 29.1 Å². The quantitative estimate of drug-likeness (QED) is 0.712. The van der Waals surface area contributed by atoms with Crippen molar-refractivity contribution in [2.45, 2.75) is 32.9 Å². The van der Waals surface area contributed by atoms with Crippen molar-refractivity contribution in [2.75, 3.05) is 13.1 Å². The molecule has 0 fully saturated rings. The van der Waals surface area contributed by atoms with Gasteiger partial charge in [0.15, 0.2) is 0 Å². The Morgan fingerprint density at radius 2 is 1.92 bits per heavy atom. The zero-order chi connectivity index (χ0) is 17.2. The summed E-state index contributed by atoms with van der Waals surface area (Å²) in [5, 5.41) is 1.18. The van der Waals surface area contributed by atoms with E-state index < -0.39 is 0 Å². The van der Waals surface area contributed by atoms with Crippen LogP contribution in [0.4, 0.5) is 0 Å². The molecule has 1 aromatic heterocycles. The minimum absolute atomic E-state index is 0.145. The molecule has 0 radical (unpaired) electrons. The molecule has 1 aliphatic heterocycles. The normalized spacial score (nSPS) is 17.8. The van der Waals surface area contributed by atoms with Gasteiger partial charge < -0.3 is 4.74 Å². The van der Waals surface area contributed by atoms with E-state index in [0.717, 1.165) is 37.5 Å². The van der Waals surface area contributed by atoms with Gasteiger partial charge in [-0.25, -0.2) is 4.98 Å². The van der Waals surface area contributed by atoms with E-state index >= 15 is 0 Å². The lowest BCUT2D eigenvalue weighted by Crippen LogP contribution is -2.32. The number of aryl methyl sites for hydroxylation is 1. The molecule has 1 unspecified atom stereocenters. The number of para-hydroxylation sites is 1. The Labute approximate surface area is 149 Å². The van der Waals surface area contributed by atoms with Gasteiger partial charge in [-0.15, -0.1) is 0 Å². The van der Waals surface area contributed by atoms with Crippen molar-refractivity contribution in [3.63, 3.8) is 0 Å². The Kier molecular flexibility index (Phi) is 4.41. The summed E-state index contributed by atoms with van der Waals surface area (Å²) < 4.78 is 6.12. The van der Waals surface area contributed by atoms with E-state index in [2.05, 4.69) is 61.2 Å². The van der Waals surface area contributed by atoms with Gasteiger partial charge in [0, 0.05) is 30.6 Å². The van der Waals surface area contributed by atoms with E-state index in [-0.39, 0.29) is 6.10 Å². The second-order valence-electron chi connectivity index (χ2n) is 6.99. The first kappa shape index (κ1) is 16.1. The van der Waals surface area contributed by atoms with Crippen molar-refractivity contribution in [1.82, 2.24) is 9.88 Å². The summed E-state index contributed by atoms with van der Waals surface area (Å²) in [6.45, 7) is 7.17. The van der Waals surface area contributed by atoms with Gasteiger partial charge >= 0.3 is 0 Å². The van der Waals surface area contributed by atoms with Crippen LogP contribution in [0.2, 0.25) is 0 Å². The molecule has 0 aliphatic carbocycles. The summed E-state index contributed by atoms with van der Waals surface area (Å²) in [4.78, 5) is 7.23. The number of ether oxygens (including phenoxy) is 1. The molecule has 2 heterocycles. The number of pyridine rings is 1. The minimum Gasteiger partial charge on any atom is -0.473 e. The molecule has 3 heteroatoms. The predicted octanol–water partition coefficient (Wildman–Crippen LogP) is 4.37. The molecule has 1 aliphatic rings. The molecule has 128 valence electrons. The zero-order valence-electron chi connectivity index (χ0n) is 14.9. The molecule has 3 nitrogen and oxygen atoms in total. The Bertz CT molecular complexity index is 890. The molecule has 0 amide bonds. The van der Waals surface area contributed by atoms with Gasteiger partial charge in [-0.2, -0.15) is 0 Å². The molecule has 25 heavy (non-hydrogen) atoms. The van der Waals surface area contributed by atoms with Crippen molar-refractivity contribution < 1.29 is 4.74 Å². The molecule has 0 saturated carbocycles. The predicted molar refractivity (Wildman–Crippen MR) is 102 cm³/mol. The molecule has 1 atom stereocenters. The number of nitrogens with zero attached hydrogens (tertiary/aromatic N) is 2. The third-order valence-electron chi connectivity index (χ3n) is 4.94. The molecule has 0 N–H and O–H groups in total.